The maximum Gasteiger partial charge on any atom is 0.315 e. The summed E-state index contributed by atoms with van der Waals surface area (Å²) in [4.78, 5) is 26.4. The molecule has 5 aliphatic rings. The van der Waals surface area contributed by atoms with Gasteiger partial charge in [0.1, 0.15) is 0 Å². The number of aliphatic hydroxyl groups excluding tert-OH is 2. The Morgan fingerprint density at radius 2 is 1.52 bits per heavy atom. The fourth-order valence-electron chi connectivity index (χ4n) is 12.0. The summed E-state index contributed by atoms with van der Waals surface area (Å²) in [6.07, 6.45) is 9.52. The van der Waals surface area contributed by atoms with Gasteiger partial charge in [-0.25, -0.2) is 0 Å². The highest BCUT2D eigenvalue weighted by Gasteiger charge is 2.72. The monoisotopic (exact) mass is 586 g/mol. The lowest BCUT2D eigenvalue weighted by Crippen LogP contribution is -2.67. The number of hydrogen-bond acceptors (Lipinski definition) is 6. The number of carbonyl (C=O) groups is 2. The van der Waals surface area contributed by atoms with Gasteiger partial charge in [-0.3, -0.25) is 9.59 Å². The maximum atomic E-state index is 14.0. The van der Waals surface area contributed by atoms with Crippen molar-refractivity contribution in [2.75, 3.05) is 13.4 Å². The third-order valence-electron chi connectivity index (χ3n) is 14.5. The molecular formula is C36H58O6. The molecule has 0 heterocycles. The Morgan fingerprint density at radius 3 is 2.17 bits per heavy atom. The van der Waals surface area contributed by atoms with Gasteiger partial charge < -0.3 is 19.7 Å². The van der Waals surface area contributed by atoms with E-state index in [-0.39, 0.29) is 64.9 Å². The highest BCUT2D eigenvalue weighted by molar-refractivity contribution is 5.79. The fraction of sp³-hybridized carbons (Fsp3) is 0.889. The van der Waals surface area contributed by atoms with Gasteiger partial charge in [0, 0.05) is 0 Å². The van der Waals surface area contributed by atoms with Crippen molar-refractivity contribution in [3.8, 4) is 0 Å². The lowest BCUT2D eigenvalue weighted by molar-refractivity contribution is -0.249. The molecule has 0 spiro atoms. The minimum absolute atomic E-state index is 0.0512. The van der Waals surface area contributed by atoms with Crippen molar-refractivity contribution in [2.45, 2.75) is 126 Å². The van der Waals surface area contributed by atoms with Crippen LogP contribution >= 0.6 is 0 Å². The first-order chi connectivity index (χ1) is 19.4. The fourth-order valence-corrected chi connectivity index (χ4v) is 12.0. The van der Waals surface area contributed by atoms with Crippen molar-refractivity contribution in [1.29, 1.82) is 0 Å². The zero-order valence-corrected chi connectivity index (χ0v) is 27.7. The van der Waals surface area contributed by atoms with Crippen LogP contribution < -0.4 is 0 Å². The quantitative estimate of drug-likeness (QED) is 0.203. The first kappa shape index (κ1) is 32.0. The van der Waals surface area contributed by atoms with Crippen molar-refractivity contribution in [3.63, 3.8) is 0 Å². The summed E-state index contributed by atoms with van der Waals surface area (Å²) in [7, 11) is 0. The SMILES string of the molecule is C=C(CO)[C@@H]1CC[C@]2(C(=O)OCOC(=O)C(C)(C)C)CC[C@]3(C)C(CCC4[C@@]5(C)CC[C@H](O)C(C)(C)C5CC[C@]43C)C12. The summed E-state index contributed by atoms with van der Waals surface area (Å²) in [5.41, 5.74) is -0.166. The van der Waals surface area contributed by atoms with Gasteiger partial charge in [-0.05, 0) is 142 Å². The first-order valence-electron chi connectivity index (χ1n) is 16.7. The molecule has 0 aliphatic heterocycles. The molecule has 2 N–H and O–H groups in total. The summed E-state index contributed by atoms with van der Waals surface area (Å²) in [5.74, 6) is 0.940. The van der Waals surface area contributed by atoms with Gasteiger partial charge in [0.25, 0.3) is 0 Å². The van der Waals surface area contributed by atoms with Crippen molar-refractivity contribution in [1.82, 2.24) is 0 Å². The summed E-state index contributed by atoms with van der Waals surface area (Å²) in [6.45, 7) is 21.5. The molecule has 5 fully saturated rings. The second-order valence-corrected chi connectivity index (χ2v) is 17.4. The van der Waals surface area contributed by atoms with Gasteiger partial charge in [-0.15, -0.1) is 0 Å². The second kappa shape index (κ2) is 10.3. The maximum absolute atomic E-state index is 14.0. The van der Waals surface area contributed by atoms with E-state index in [0.29, 0.717) is 17.8 Å². The molecule has 6 nitrogen and oxygen atoms in total. The highest BCUT2D eigenvalue weighted by atomic mass is 16.7. The predicted molar refractivity (Wildman–Crippen MR) is 163 cm³/mol. The Kier molecular flexibility index (Phi) is 7.87. The van der Waals surface area contributed by atoms with Gasteiger partial charge >= 0.3 is 11.9 Å². The van der Waals surface area contributed by atoms with E-state index in [1.807, 2.05) is 0 Å². The average Bonchev–Trinajstić information content (AvgIpc) is 3.31. The van der Waals surface area contributed by atoms with Crippen molar-refractivity contribution >= 4 is 11.9 Å². The molecule has 0 aromatic heterocycles. The number of esters is 2. The van der Waals surface area contributed by atoms with E-state index in [9.17, 15) is 19.8 Å². The molecule has 6 heteroatoms. The van der Waals surface area contributed by atoms with Crippen LogP contribution in [0.15, 0.2) is 12.2 Å². The lowest BCUT2D eigenvalue weighted by Gasteiger charge is -2.72. The molecule has 5 aliphatic carbocycles. The Labute approximate surface area is 254 Å². The summed E-state index contributed by atoms with van der Waals surface area (Å²) in [6, 6.07) is 0. The van der Waals surface area contributed by atoms with Crippen LogP contribution in [-0.4, -0.2) is 41.7 Å². The molecule has 0 bridgehead atoms. The number of aliphatic hydroxyl groups is 2. The molecule has 10 atom stereocenters. The topological polar surface area (TPSA) is 93.1 Å². The molecule has 5 rings (SSSR count). The molecular weight excluding hydrogens is 528 g/mol. The van der Waals surface area contributed by atoms with E-state index in [1.165, 1.54) is 0 Å². The number of rotatable bonds is 5. The minimum Gasteiger partial charge on any atom is -0.427 e. The van der Waals surface area contributed by atoms with Crippen LogP contribution in [-0.2, 0) is 19.1 Å². The van der Waals surface area contributed by atoms with Gasteiger partial charge in [0.05, 0.1) is 23.5 Å². The zero-order valence-electron chi connectivity index (χ0n) is 27.7. The summed E-state index contributed by atoms with van der Waals surface area (Å²) < 4.78 is 11.1. The Morgan fingerprint density at radius 1 is 0.833 bits per heavy atom. The molecule has 0 saturated heterocycles. The highest BCUT2D eigenvalue weighted by Crippen LogP contribution is 2.77. The van der Waals surface area contributed by atoms with Crippen LogP contribution in [0.1, 0.15) is 120 Å². The molecule has 0 amide bonds. The van der Waals surface area contributed by atoms with Crippen LogP contribution in [0.3, 0.4) is 0 Å². The van der Waals surface area contributed by atoms with E-state index in [1.54, 1.807) is 20.8 Å². The van der Waals surface area contributed by atoms with E-state index in [2.05, 4.69) is 41.2 Å². The summed E-state index contributed by atoms with van der Waals surface area (Å²) in [5, 5.41) is 21.2. The van der Waals surface area contributed by atoms with E-state index >= 15 is 0 Å². The van der Waals surface area contributed by atoms with Crippen LogP contribution in [0.5, 0.6) is 0 Å². The normalized spacial score (nSPS) is 46.0. The van der Waals surface area contributed by atoms with Gasteiger partial charge in [-0.2, -0.15) is 0 Å². The Balaban J connectivity index is 1.46. The molecule has 5 saturated carbocycles. The predicted octanol–water partition coefficient (Wildman–Crippen LogP) is 7.07. The van der Waals surface area contributed by atoms with Crippen LogP contribution in [0.4, 0.5) is 0 Å². The lowest BCUT2D eigenvalue weighted by atomic mass is 9.32. The summed E-state index contributed by atoms with van der Waals surface area (Å²) >= 11 is 0. The average molecular weight is 587 g/mol. The molecule has 0 aromatic carbocycles. The smallest absolute Gasteiger partial charge is 0.315 e. The third kappa shape index (κ3) is 4.38. The minimum atomic E-state index is -0.660. The standard InChI is InChI=1S/C36H58O6/c1-22(20-37)23-12-17-36(30(40)42-21-41-29(39)31(2,3)4)19-18-34(8)24(28(23)36)10-11-26-33(7)15-14-27(38)32(5,6)25(33)13-16-35(26,34)9/h23-28,37-38H,1,10-21H2,2-9H3/t23-,24?,25?,26?,27-,28?,33-,34+,35+,36-/m0/s1. The number of ether oxygens (including phenoxy) is 2. The zero-order chi connectivity index (χ0) is 31.1. The van der Waals surface area contributed by atoms with Crippen molar-refractivity contribution in [2.24, 2.45) is 62.1 Å². The molecule has 0 aromatic rings. The van der Waals surface area contributed by atoms with Crippen LogP contribution in [0.2, 0.25) is 0 Å². The number of hydrogen-bond donors (Lipinski definition) is 2. The van der Waals surface area contributed by atoms with Crippen molar-refractivity contribution in [3.05, 3.63) is 12.2 Å². The Hall–Kier alpha value is -1.40. The molecule has 238 valence electrons. The van der Waals surface area contributed by atoms with Gasteiger partial charge in [-0.1, -0.05) is 41.2 Å². The van der Waals surface area contributed by atoms with Crippen molar-refractivity contribution < 1.29 is 29.3 Å². The molecule has 42 heavy (non-hydrogen) atoms. The third-order valence-corrected chi connectivity index (χ3v) is 14.5. The van der Waals surface area contributed by atoms with Gasteiger partial charge in [0.15, 0.2) is 0 Å². The van der Waals surface area contributed by atoms with Crippen LogP contribution in [0.25, 0.3) is 0 Å². The second-order valence-electron chi connectivity index (χ2n) is 17.4. The first-order valence-corrected chi connectivity index (χ1v) is 16.7. The molecule has 4 unspecified atom stereocenters. The van der Waals surface area contributed by atoms with E-state index in [0.717, 1.165) is 69.8 Å². The van der Waals surface area contributed by atoms with Gasteiger partial charge in [0.2, 0.25) is 6.79 Å². The largest absolute Gasteiger partial charge is 0.427 e. The number of carbonyl (C=O) groups excluding carboxylic acids is 2. The number of fused-ring (bicyclic) bond motifs is 7. The van der Waals surface area contributed by atoms with E-state index in [4.69, 9.17) is 9.47 Å². The van der Waals surface area contributed by atoms with E-state index < -0.39 is 10.8 Å². The Bertz CT molecular complexity index is 1100. The van der Waals surface area contributed by atoms with Crippen LogP contribution in [0, 0.1) is 62.1 Å². The molecule has 0 radical (unpaired) electrons.